The molecule has 2 rings (SSSR count). The van der Waals surface area contributed by atoms with Gasteiger partial charge in [-0.05, 0) is 24.3 Å². The second-order valence-corrected chi connectivity index (χ2v) is 7.44. The molecule has 150 valence electrons. The van der Waals surface area contributed by atoms with Crippen LogP contribution in [-0.4, -0.2) is 56.8 Å². The predicted molar refractivity (Wildman–Crippen MR) is 123 cm³/mol. The van der Waals surface area contributed by atoms with Crippen LogP contribution in [0.15, 0.2) is 22.5 Å². The maximum Gasteiger partial charge on any atom is 0.191 e. The first-order valence-corrected chi connectivity index (χ1v) is 10.5. The number of aliphatic imine (C=N–C) groups is 1. The van der Waals surface area contributed by atoms with E-state index in [1.54, 1.807) is 0 Å². The number of ether oxygens (including phenoxy) is 1. The molecule has 1 aromatic heterocycles. The molecule has 26 heavy (non-hydrogen) atoms. The van der Waals surface area contributed by atoms with E-state index in [1.807, 2.05) is 11.3 Å². The Balaban J connectivity index is 0.00000338. The highest BCUT2D eigenvalue weighted by atomic mass is 127. The molecule has 1 aliphatic rings. The Bertz CT molecular complexity index is 488. The van der Waals surface area contributed by atoms with Gasteiger partial charge in [0.2, 0.25) is 0 Å². The van der Waals surface area contributed by atoms with Crippen LogP contribution in [0.25, 0.3) is 0 Å². The van der Waals surface area contributed by atoms with Crippen molar-refractivity contribution in [3.63, 3.8) is 0 Å². The molecule has 5 nitrogen and oxygen atoms in total. The molecule has 1 atom stereocenters. The summed E-state index contributed by atoms with van der Waals surface area (Å²) in [6.07, 6.45) is 2.37. The summed E-state index contributed by atoms with van der Waals surface area (Å²) < 4.78 is 5.53. The number of hydrogen-bond donors (Lipinski definition) is 2. The Kier molecular flexibility index (Phi) is 12.5. The number of nitrogens with zero attached hydrogens (tertiary/aromatic N) is 2. The quantitative estimate of drug-likeness (QED) is 0.312. The van der Waals surface area contributed by atoms with Gasteiger partial charge in [-0.3, -0.25) is 9.89 Å². The fraction of sp³-hybridized carbons (Fsp3) is 0.737. The Morgan fingerprint density at radius 3 is 2.54 bits per heavy atom. The lowest BCUT2D eigenvalue weighted by Crippen LogP contribution is -2.46. The molecular weight excluding hydrogens is 459 g/mol. The number of rotatable bonds is 9. The summed E-state index contributed by atoms with van der Waals surface area (Å²) in [7, 11) is 0. The van der Waals surface area contributed by atoms with Gasteiger partial charge in [0.15, 0.2) is 5.96 Å². The Morgan fingerprint density at radius 2 is 1.96 bits per heavy atom. The van der Waals surface area contributed by atoms with Crippen molar-refractivity contribution in [2.24, 2.45) is 10.9 Å². The number of guanidine groups is 1. The third-order valence-corrected chi connectivity index (χ3v) is 5.80. The molecular formula is C19H35IN4OS. The van der Waals surface area contributed by atoms with Gasteiger partial charge in [-0.1, -0.05) is 32.8 Å². The van der Waals surface area contributed by atoms with Crippen LogP contribution in [0.1, 0.15) is 44.5 Å². The van der Waals surface area contributed by atoms with E-state index >= 15 is 0 Å². The predicted octanol–water partition coefficient (Wildman–Crippen LogP) is 3.73. The number of nitrogens with one attached hydrogen (secondary N) is 2. The fourth-order valence-corrected chi connectivity index (χ4v) is 3.94. The highest BCUT2D eigenvalue weighted by molar-refractivity contribution is 14.0. The molecule has 0 radical (unpaired) electrons. The zero-order chi connectivity index (χ0) is 17.9. The van der Waals surface area contributed by atoms with Gasteiger partial charge >= 0.3 is 0 Å². The summed E-state index contributed by atoms with van der Waals surface area (Å²) in [6.45, 7) is 12.9. The van der Waals surface area contributed by atoms with Gasteiger partial charge in [-0.25, -0.2) is 0 Å². The zero-order valence-corrected chi connectivity index (χ0v) is 19.5. The van der Waals surface area contributed by atoms with Gasteiger partial charge in [0.1, 0.15) is 0 Å². The Hall–Kier alpha value is -0.380. The van der Waals surface area contributed by atoms with Crippen molar-refractivity contribution in [1.82, 2.24) is 15.5 Å². The van der Waals surface area contributed by atoms with Crippen LogP contribution < -0.4 is 10.6 Å². The third-order valence-electron chi connectivity index (χ3n) is 4.83. The topological polar surface area (TPSA) is 48.9 Å². The van der Waals surface area contributed by atoms with E-state index in [9.17, 15) is 0 Å². The van der Waals surface area contributed by atoms with E-state index in [0.717, 1.165) is 51.9 Å². The minimum atomic E-state index is 0. The summed E-state index contributed by atoms with van der Waals surface area (Å²) in [5, 5.41) is 9.12. The van der Waals surface area contributed by atoms with Crippen LogP contribution in [-0.2, 0) is 4.74 Å². The zero-order valence-electron chi connectivity index (χ0n) is 16.4. The smallest absolute Gasteiger partial charge is 0.191 e. The summed E-state index contributed by atoms with van der Waals surface area (Å²) in [5.74, 6) is 1.60. The van der Waals surface area contributed by atoms with Gasteiger partial charge in [0, 0.05) is 37.6 Å². The molecule has 1 aliphatic heterocycles. The number of halogens is 1. The molecule has 0 amide bonds. The molecule has 0 aliphatic carbocycles. The molecule has 2 heterocycles. The van der Waals surface area contributed by atoms with Gasteiger partial charge in [0.25, 0.3) is 0 Å². The van der Waals surface area contributed by atoms with Crippen LogP contribution in [0.4, 0.5) is 0 Å². The number of hydrogen-bond acceptors (Lipinski definition) is 4. The molecule has 1 saturated heterocycles. The van der Waals surface area contributed by atoms with Crippen molar-refractivity contribution < 1.29 is 4.74 Å². The lowest BCUT2D eigenvalue weighted by atomic mass is 10.0. The third kappa shape index (κ3) is 7.70. The standard InChI is InChI=1S/C19H34N4OS.HI/c1-4-16(5-2)14-21-19(20-6-3)22-15-17(18-8-7-13-25-18)23-9-11-24-12-10-23;/h7-8,13,16-17H,4-6,9-12,14-15H2,1-3H3,(H2,20,21,22);1H. The van der Waals surface area contributed by atoms with Crippen LogP contribution in [0.5, 0.6) is 0 Å². The minimum absolute atomic E-state index is 0. The SMILES string of the molecule is CCNC(=NCC(CC)CC)NCC(c1cccs1)N1CCOCC1.I. The molecule has 0 spiro atoms. The normalized spacial score (nSPS) is 17.0. The highest BCUT2D eigenvalue weighted by Gasteiger charge is 2.23. The van der Waals surface area contributed by atoms with Crippen molar-refractivity contribution in [2.75, 3.05) is 45.9 Å². The maximum absolute atomic E-state index is 5.53. The lowest BCUT2D eigenvalue weighted by Gasteiger charge is -2.34. The number of thiophene rings is 1. The van der Waals surface area contributed by atoms with E-state index < -0.39 is 0 Å². The first-order valence-electron chi connectivity index (χ1n) is 9.65. The van der Waals surface area contributed by atoms with Crippen LogP contribution in [0.3, 0.4) is 0 Å². The molecule has 1 unspecified atom stereocenters. The second-order valence-electron chi connectivity index (χ2n) is 6.46. The van der Waals surface area contributed by atoms with E-state index in [-0.39, 0.29) is 24.0 Å². The largest absolute Gasteiger partial charge is 0.379 e. The van der Waals surface area contributed by atoms with Crippen molar-refractivity contribution >= 4 is 41.3 Å². The molecule has 2 N–H and O–H groups in total. The van der Waals surface area contributed by atoms with Crippen LogP contribution >= 0.6 is 35.3 Å². The summed E-state index contributed by atoms with van der Waals surface area (Å²) in [5.41, 5.74) is 0. The van der Waals surface area contributed by atoms with Gasteiger partial charge in [-0.15, -0.1) is 35.3 Å². The van der Waals surface area contributed by atoms with Gasteiger partial charge in [0.05, 0.1) is 19.3 Å². The summed E-state index contributed by atoms with van der Waals surface area (Å²) in [6, 6.07) is 4.75. The molecule has 0 aromatic carbocycles. The molecule has 0 saturated carbocycles. The van der Waals surface area contributed by atoms with Gasteiger partial charge in [-0.2, -0.15) is 0 Å². The first-order chi connectivity index (χ1) is 12.3. The number of morpholine rings is 1. The van der Waals surface area contributed by atoms with Crippen molar-refractivity contribution in [1.29, 1.82) is 0 Å². The Morgan fingerprint density at radius 1 is 1.23 bits per heavy atom. The molecule has 0 bridgehead atoms. The van der Waals surface area contributed by atoms with Crippen LogP contribution in [0, 0.1) is 5.92 Å². The van der Waals surface area contributed by atoms with Crippen molar-refractivity contribution in [2.45, 2.75) is 39.7 Å². The second kappa shape index (κ2) is 13.7. The first kappa shape index (κ1) is 23.7. The molecule has 7 heteroatoms. The monoisotopic (exact) mass is 494 g/mol. The maximum atomic E-state index is 5.53. The van der Waals surface area contributed by atoms with E-state index in [4.69, 9.17) is 9.73 Å². The van der Waals surface area contributed by atoms with E-state index in [2.05, 4.69) is 53.8 Å². The molecule has 1 fully saturated rings. The van der Waals surface area contributed by atoms with Crippen molar-refractivity contribution in [3.05, 3.63) is 22.4 Å². The average molecular weight is 494 g/mol. The summed E-state index contributed by atoms with van der Waals surface area (Å²) >= 11 is 1.83. The molecule has 1 aromatic rings. The van der Waals surface area contributed by atoms with Gasteiger partial charge < -0.3 is 15.4 Å². The fourth-order valence-electron chi connectivity index (χ4n) is 3.08. The lowest BCUT2D eigenvalue weighted by molar-refractivity contribution is 0.0177. The highest BCUT2D eigenvalue weighted by Crippen LogP contribution is 2.25. The van der Waals surface area contributed by atoms with Crippen molar-refractivity contribution in [3.8, 4) is 0 Å². The minimum Gasteiger partial charge on any atom is -0.379 e. The Labute approximate surface area is 180 Å². The van der Waals surface area contributed by atoms with Crippen LogP contribution in [0.2, 0.25) is 0 Å². The van der Waals surface area contributed by atoms with E-state index in [1.165, 1.54) is 17.7 Å². The summed E-state index contributed by atoms with van der Waals surface area (Å²) in [4.78, 5) is 8.74. The average Bonchev–Trinajstić information content (AvgIpc) is 3.18. The van der Waals surface area contributed by atoms with E-state index in [0.29, 0.717) is 12.0 Å².